The summed E-state index contributed by atoms with van der Waals surface area (Å²) in [5.74, 6) is -0.408. The van der Waals surface area contributed by atoms with Crippen LogP contribution in [-0.2, 0) is 16.8 Å². The van der Waals surface area contributed by atoms with Crippen molar-refractivity contribution in [1.82, 2.24) is 20.0 Å². The van der Waals surface area contributed by atoms with Crippen LogP contribution in [0.3, 0.4) is 0 Å². The van der Waals surface area contributed by atoms with Crippen molar-refractivity contribution in [3.63, 3.8) is 0 Å². The lowest BCUT2D eigenvalue weighted by Crippen LogP contribution is -2.45. The molecule has 1 heterocycles. The van der Waals surface area contributed by atoms with Crippen LogP contribution in [0.2, 0.25) is 0 Å². The molecule has 0 fully saturated rings. The molecule has 1 N–H and O–H groups in total. The highest BCUT2D eigenvalue weighted by Crippen LogP contribution is 2.22. The monoisotopic (exact) mass is 446 g/mol. The summed E-state index contributed by atoms with van der Waals surface area (Å²) in [6.45, 7) is 12.5. The number of carbonyl (C=O) groups excluding carboxylic acids is 2. The van der Waals surface area contributed by atoms with E-state index in [2.05, 4.69) is 31.2 Å². The van der Waals surface area contributed by atoms with Crippen molar-refractivity contribution >= 4 is 11.8 Å². The molecular formula is C27H34N4O2. The van der Waals surface area contributed by atoms with Gasteiger partial charge in [0, 0.05) is 30.4 Å². The number of aryl methyl sites for hydroxylation is 1. The van der Waals surface area contributed by atoms with Crippen molar-refractivity contribution in [3.8, 4) is 5.69 Å². The van der Waals surface area contributed by atoms with Crippen molar-refractivity contribution in [1.29, 1.82) is 0 Å². The SMILES string of the molecule is Cc1nn(-c2ccccc2)c(C)c1CN(C)C(=O)C(C)NC(=O)c1ccc(C(C)(C)C)cc1. The van der Waals surface area contributed by atoms with Gasteiger partial charge in [-0.15, -0.1) is 0 Å². The molecule has 1 unspecified atom stereocenters. The minimum Gasteiger partial charge on any atom is -0.341 e. The molecule has 0 aliphatic rings. The number of amides is 2. The van der Waals surface area contributed by atoms with E-state index in [0.717, 1.165) is 28.2 Å². The Morgan fingerprint density at radius 1 is 1.03 bits per heavy atom. The summed E-state index contributed by atoms with van der Waals surface area (Å²) in [4.78, 5) is 27.3. The van der Waals surface area contributed by atoms with Crippen molar-refractivity contribution < 1.29 is 9.59 Å². The lowest BCUT2D eigenvalue weighted by molar-refractivity contribution is -0.132. The van der Waals surface area contributed by atoms with E-state index in [4.69, 9.17) is 0 Å². The first-order valence-corrected chi connectivity index (χ1v) is 11.3. The molecule has 0 aliphatic heterocycles. The van der Waals surface area contributed by atoms with Crippen molar-refractivity contribution in [2.45, 2.75) is 59.5 Å². The van der Waals surface area contributed by atoms with Gasteiger partial charge < -0.3 is 10.2 Å². The first-order valence-electron chi connectivity index (χ1n) is 11.3. The summed E-state index contributed by atoms with van der Waals surface area (Å²) in [7, 11) is 1.75. The fourth-order valence-corrected chi connectivity index (χ4v) is 3.83. The van der Waals surface area contributed by atoms with E-state index >= 15 is 0 Å². The van der Waals surface area contributed by atoms with Crippen molar-refractivity contribution in [3.05, 3.63) is 82.7 Å². The smallest absolute Gasteiger partial charge is 0.251 e. The molecule has 174 valence electrons. The van der Waals surface area contributed by atoms with E-state index in [1.54, 1.807) is 18.9 Å². The molecule has 1 aromatic heterocycles. The zero-order chi connectivity index (χ0) is 24.3. The lowest BCUT2D eigenvalue weighted by Gasteiger charge is -2.23. The molecular weight excluding hydrogens is 412 g/mol. The third-order valence-electron chi connectivity index (χ3n) is 5.94. The van der Waals surface area contributed by atoms with Gasteiger partial charge in [-0.2, -0.15) is 5.10 Å². The van der Waals surface area contributed by atoms with E-state index in [9.17, 15) is 9.59 Å². The van der Waals surface area contributed by atoms with Crippen LogP contribution in [0.25, 0.3) is 5.69 Å². The molecule has 2 aromatic carbocycles. The minimum atomic E-state index is -0.644. The molecule has 0 saturated heterocycles. The van der Waals surface area contributed by atoms with Gasteiger partial charge in [-0.3, -0.25) is 9.59 Å². The number of carbonyl (C=O) groups is 2. The van der Waals surface area contributed by atoms with E-state index in [1.807, 2.05) is 73.1 Å². The van der Waals surface area contributed by atoms with E-state index in [0.29, 0.717) is 12.1 Å². The molecule has 3 rings (SSSR count). The number of rotatable bonds is 6. The first kappa shape index (κ1) is 24.2. The molecule has 0 aliphatic carbocycles. The third-order valence-corrected chi connectivity index (χ3v) is 5.94. The highest BCUT2D eigenvalue weighted by molar-refractivity contribution is 5.97. The third kappa shape index (κ3) is 5.51. The Labute approximate surface area is 196 Å². The summed E-state index contributed by atoms with van der Waals surface area (Å²) >= 11 is 0. The maximum Gasteiger partial charge on any atom is 0.251 e. The van der Waals surface area contributed by atoms with Crippen LogP contribution in [0.5, 0.6) is 0 Å². The topological polar surface area (TPSA) is 67.2 Å². The molecule has 33 heavy (non-hydrogen) atoms. The number of benzene rings is 2. The molecule has 0 spiro atoms. The van der Waals surface area contributed by atoms with Gasteiger partial charge in [-0.25, -0.2) is 4.68 Å². The number of nitrogens with one attached hydrogen (secondary N) is 1. The summed E-state index contributed by atoms with van der Waals surface area (Å²) < 4.78 is 1.90. The predicted molar refractivity (Wildman–Crippen MR) is 132 cm³/mol. The summed E-state index contributed by atoms with van der Waals surface area (Å²) in [5.41, 5.74) is 5.58. The number of likely N-dealkylation sites (N-methyl/N-ethyl adjacent to an activating group) is 1. The Morgan fingerprint density at radius 2 is 1.64 bits per heavy atom. The fraction of sp³-hybridized carbons (Fsp3) is 0.370. The van der Waals surface area contributed by atoms with Crippen LogP contribution < -0.4 is 5.32 Å². The molecule has 0 bridgehead atoms. The standard InChI is InChI=1S/C27H34N4O2/c1-18-24(20(3)31(29-18)23-11-9-8-10-12-23)17-30(7)26(33)19(2)28-25(32)21-13-15-22(16-14-21)27(4,5)6/h8-16,19H,17H2,1-7H3,(H,28,32). The quantitative estimate of drug-likeness (QED) is 0.603. The summed E-state index contributed by atoms with van der Waals surface area (Å²) in [5, 5.41) is 7.49. The maximum absolute atomic E-state index is 13.0. The Kier molecular flexibility index (Phi) is 7.06. The summed E-state index contributed by atoms with van der Waals surface area (Å²) in [6.07, 6.45) is 0. The average Bonchev–Trinajstić information content (AvgIpc) is 3.06. The molecule has 1 atom stereocenters. The van der Waals surface area contributed by atoms with Gasteiger partial charge in [-0.1, -0.05) is 51.1 Å². The van der Waals surface area contributed by atoms with Gasteiger partial charge in [0.05, 0.1) is 11.4 Å². The molecule has 2 amide bonds. The Hall–Kier alpha value is -3.41. The lowest BCUT2D eigenvalue weighted by atomic mass is 9.86. The van der Waals surface area contributed by atoms with Crippen LogP contribution in [0, 0.1) is 13.8 Å². The zero-order valence-corrected chi connectivity index (χ0v) is 20.6. The normalized spacial score (nSPS) is 12.3. The Bertz CT molecular complexity index is 1130. The van der Waals surface area contributed by atoms with Gasteiger partial charge in [-0.05, 0) is 56.0 Å². The van der Waals surface area contributed by atoms with E-state index < -0.39 is 6.04 Å². The molecule has 0 saturated carbocycles. The molecule has 6 nitrogen and oxygen atoms in total. The molecule has 3 aromatic rings. The largest absolute Gasteiger partial charge is 0.341 e. The van der Waals surface area contributed by atoms with Crippen molar-refractivity contribution in [2.24, 2.45) is 0 Å². The van der Waals surface area contributed by atoms with E-state index in [1.165, 1.54) is 0 Å². The number of nitrogens with zero attached hydrogens (tertiary/aromatic N) is 3. The van der Waals surface area contributed by atoms with E-state index in [-0.39, 0.29) is 17.2 Å². The second-order valence-electron chi connectivity index (χ2n) is 9.61. The molecule has 6 heteroatoms. The first-order chi connectivity index (χ1) is 15.5. The van der Waals surface area contributed by atoms with Gasteiger partial charge in [0.15, 0.2) is 0 Å². The molecule has 0 radical (unpaired) electrons. The van der Waals surface area contributed by atoms with Gasteiger partial charge in [0.25, 0.3) is 5.91 Å². The Morgan fingerprint density at radius 3 is 2.21 bits per heavy atom. The van der Waals surface area contributed by atoms with Crippen LogP contribution in [0.15, 0.2) is 54.6 Å². The number of para-hydroxylation sites is 1. The number of hydrogen-bond acceptors (Lipinski definition) is 3. The fourth-order valence-electron chi connectivity index (χ4n) is 3.83. The van der Waals surface area contributed by atoms with Crippen LogP contribution in [-0.4, -0.2) is 39.6 Å². The number of aromatic nitrogens is 2. The van der Waals surface area contributed by atoms with Crippen LogP contribution in [0.1, 0.15) is 60.6 Å². The maximum atomic E-state index is 13.0. The second kappa shape index (κ2) is 9.61. The second-order valence-corrected chi connectivity index (χ2v) is 9.61. The van der Waals surface area contributed by atoms with Crippen LogP contribution >= 0.6 is 0 Å². The van der Waals surface area contributed by atoms with Gasteiger partial charge in [0.1, 0.15) is 6.04 Å². The Balaban J connectivity index is 1.66. The average molecular weight is 447 g/mol. The van der Waals surface area contributed by atoms with Crippen molar-refractivity contribution in [2.75, 3.05) is 7.05 Å². The number of hydrogen-bond donors (Lipinski definition) is 1. The highest BCUT2D eigenvalue weighted by atomic mass is 16.2. The van der Waals surface area contributed by atoms with Crippen LogP contribution in [0.4, 0.5) is 0 Å². The van der Waals surface area contributed by atoms with Gasteiger partial charge in [0.2, 0.25) is 5.91 Å². The minimum absolute atomic E-state index is 0.0194. The van der Waals surface area contributed by atoms with Gasteiger partial charge >= 0.3 is 0 Å². The summed E-state index contributed by atoms with van der Waals surface area (Å²) in [6, 6.07) is 16.8. The predicted octanol–water partition coefficient (Wildman–Crippen LogP) is 4.56. The highest BCUT2D eigenvalue weighted by Gasteiger charge is 2.23. The zero-order valence-electron chi connectivity index (χ0n) is 20.6.